The van der Waals surface area contributed by atoms with Gasteiger partial charge in [-0.1, -0.05) is 6.08 Å². The summed E-state index contributed by atoms with van der Waals surface area (Å²) in [5.74, 6) is -2.14. The standard InChI is InChI=1S/C16H15F2NO2S2/c1-3-10-19(12-4-9-15(17)16(18)11-12)23(20,21)14-7-5-13(22-2)6-8-14/h3-9,11H,1,10H2,2H3. The monoisotopic (exact) mass is 355 g/mol. The van der Waals surface area contributed by atoms with E-state index in [4.69, 9.17) is 0 Å². The van der Waals surface area contributed by atoms with Gasteiger partial charge in [0.1, 0.15) is 0 Å². The van der Waals surface area contributed by atoms with E-state index in [2.05, 4.69) is 6.58 Å². The second-order valence-electron chi connectivity index (χ2n) is 4.60. The van der Waals surface area contributed by atoms with Gasteiger partial charge in [0.25, 0.3) is 10.0 Å². The lowest BCUT2D eigenvalue weighted by Gasteiger charge is -2.23. The van der Waals surface area contributed by atoms with Crippen molar-refractivity contribution >= 4 is 27.5 Å². The lowest BCUT2D eigenvalue weighted by Crippen LogP contribution is -2.31. The van der Waals surface area contributed by atoms with E-state index in [-0.39, 0.29) is 17.1 Å². The van der Waals surface area contributed by atoms with E-state index in [1.54, 1.807) is 12.1 Å². The van der Waals surface area contributed by atoms with Crippen molar-refractivity contribution in [3.63, 3.8) is 0 Å². The molecule has 122 valence electrons. The molecular weight excluding hydrogens is 340 g/mol. The van der Waals surface area contributed by atoms with Gasteiger partial charge in [-0.2, -0.15) is 0 Å². The third kappa shape index (κ3) is 3.73. The molecule has 0 N–H and O–H groups in total. The summed E-state index contributed by atoms with van der Waals surface area (Å²) in [6, 6.07) is 9.31. The normalized spacial score (nSPS) is 11.3. The molecule has 0 fully saturated rings. The summed E-state index contributed by atoms with van der Waals surface area (Å²) in [6.07, 6.45) is 3.27. The molecule has 0 unspecified atom stereocenters. The van der Waals surface area contributed by atoms with Gasteiger partial charge in [0.2, 0.25) is 0 Å². The van der Waals surface area contributed by atoms with E-state index in [0.717, 1.165) is 21.3 Å². The zero-order valence-corrected chi connectivity index (χ0v) is 14.0. The Kier molecular flexibility index (Phi) is 5.43. The zero-order valence-electron chi connectivity index (χ0n) is 12.4. The lowest BCUT2D eigenvalue weighted by molar-refractivity contribution is 0.508. The molecule has 0 amide bonds. The molecule has 2 rings (SSSR count). The Morgan fingerprint density at radius 2 is 1.78 bits per heavy atom. The fraction of sp³-hybridized carbons (Fsp3) is 0.125. The summed E-state index contributed by atoms with van der Waals surface area (Å²) in [4.78, 5) is 0.994. The number of thioether (sulfide) groups is 1. The number of hydrogen-bond donors (Lipinski definition) is 0. The Hall–Kier alpha value is -1.86. The molecule has 0 spiro atoms. The fourth-order valence-corrected chi connectivity index (χ4v) is 3.81. The van der Waals surface area contributed by atoms with E-state index < -0.39 is 21.7 Å². The minimum atomic E-state index is -3.91. The van der Waals surface area contributed by atoms with Crippen molar-refractivity contribution in [1.29, 1.82) is 0 Å². The van der Waals surface area contributed by atoms with Crippen LogP contribution in [0.2, 0.25) is 0 Å². The molecule has 7 heteroatoms. The van der Waals surface area contributed by atoms with Gasteiger partial charge in [0.05, 0.1) is 17.1 Å². The maximum atomic E-state index is 13.4. The molecule has 0 saturated heterocycles. The summed E-state index contributed by atoms with van der Waals surface area (Å²) in [7, 11) is -3.91. The van der Waals surface area contributed by atoms with Crippen LogP contribution < -0.4 is 4.31 Å². The van der Waals surface area contributed by atoms with Crippen LogP contribution in [0.1, 0.15) is 0 Å². The molecule has 2 aromatic rings. The second kappa shape index (κ2) is 7.14. The maximum Gasteiger partial charge on any atom is 0.264 e. The van der Waals surface area contributed by atoms with Crippen LogP contribution >= 0.6 is 11.8 Å². The van der Waals surface area contributed by atoms with Gasteiger partial charge in [-0.3, -0.25) is 4.31 Å². The first-order chi connectivity index (χ1) is 10.9. The van der Waals surface area contributed by atoms with Gasteiger partial charge in [-0.25, -0.2) is 17.2 Å². The molecule has 0 bridgehead atoms. The molecule has 0 atom stereocenters. The SMILES string of the molecule is C=CCN(c1ccc(F)c(F)c1)S(=O)(=O)c1ccc(SC)cc1. The first-order valence-electron chi connectivity index (χ1n) is 6.63. The molecular formula is C16H15F2NO2S2. The third-order valence-corrected chi connectivity index (χ3v) is 5.69. The third-order valence-electron chi connectivity index (χ3n) is 3.13. The molecule has 2 aromatic carbocycles. The van der Waals surface area contributed by atoms with Gasteiger partial charge in [-0.05, 0) is 42.7 Å². The summed E-state index contributed by atoms with van der Waals surface area (Å²) < 4.78 is 53.1. The van der Waals surface area contributed by atoms with Crippen LogP contribution in [0.3, 0.4) is 0 Å². The van der Waals surface area contributed by atoms with Gasteiger partial charge < -0.3 is 0 Å². The van der Waals surface area contributed by atoms with E-state index in [0.29, 0.717) is 0 Å². The highest BCUT2D eigenvalue weighted by Crippen LogP contribution is 2.26. The fourth-order valence-electron chi connectivity index (χ4n) is 1.97. The zero-order chi connectivity index (χ0) is 17.0. The van der Waals surface area contributed by atoms with Gasteiger partial charge in [0.15, 0.2) is 11.6 Å². The Morgan fingerprint density at radius 1 is 1.13 bits per heavy atom. The highest BCUT2D eigenvalue weighted by atomic mass is 32.2. The quantitative estimate of drug-likeness (QED) is 0.579. The first kappa shape index (κ1) is 17.5. The second-order valence-corrected chi connectivity index (χ2v) is 7.34. The van der Waals surface area contributed by atoms with Crippen molar-refractivity contribution in [3.8, 4) is 0 Å². The largest absolute Gasteiger partial charge is 0.264 e. The van der Waals surface area contributed by atoms with E-state index in [9.17, 15) is 17.2 Å². The molecule has 0 aromatic heterocycles. The maximum absolute atomic E-state index is 13.4. The summed E-state index contributed by atoms with van der Waals surface area (Å²) in [5.41, 5.74) is 0.0396. The van der Waals surface area contributed by atoms with Gasteiger partial charge in [0, 0.05) is 11.0 Å². The first-order valence-corrected chi connectivity index (χ1v) is 9.29. The minimum absolute atomic E-state index is 0.0396. The number of nitrogens with zero attached hydrogens (tertiary/aromatic N) is 1. The average Bonchev–Trinajstić information content (AvgIpc) is 2.55. The van der Waals surface area contributed by atoms with Crippen LogP contribution in [-0.2, 0) is 10.0 Å². The van der Waals surface area contributed by atoms with E-state index >= 15 is 0 Å². The van der Waals surface area contributed by atoms with E-state index in [1.165, 1.54) is 36.0 Å². The molecule has 0 aliphatic carbocycles. The van der Waals surface area contributed by atoms with Crippen LogP contribution in [0.25, 0.3) is 0 Å². The smallest absolute Gasteiger partial charge is 0.262 e. The molecule has 3 nitrogen and oxygen atoms in total. The number of rotatable bonds is 6. The number of anilines is 1. The van der Waals surface area contributed by atoms with Crippen molar-refractivity contribution < 1.29 is 17.2 Å². The van der Waals surface area contributed by atoms with Crippen molar-refractivity contribution in [2.24, 2.45) is 0 Å². The van der Waals surface area contributed by atoms with Crippen LogP contribution in [0.15, 0.2) is 64.9 Å². The average molecular weight is 355 g/mol. The molecule has 0 saturated carbocycles. The predicted molar refractivity (Wildman–Crippen MR) is 89.3 cm³/mol. The van der Waals surface area contributed by atoms with Crippen molar-refractivity contribution in [3.05, 3.63) is 66.8 Å². The lowest BCUT2D eigenvalue weighted by atomic mass is 10.3. The predicted octanol–water partition coefficient (Wildman–Crippen LogP) is 4.07. The van der Waals surface area contributed by atoms with Crippen LogP contribution in [0, 0.1) is 11.6 Å². The topological polar surface area (TPSA) is 37.4 Å². The molecule has 0 heterocycles. The summed E-state index contributed by atoms with van der Waals surface area (Å²) in [5, 5.41) is 0. The van der Waals surface area contributed by atoms with Crippen molar-refractivity contribution in [2.45, 2.75) is 9.79 Å². The highest BCUT2D eigenvalue weighted by molar-refractivity contribution is 7.98. The van der Waals surface area contributed by atoms with Crippen molar-refractivity contribution in [1.82, 2.24) is 0 Å². The highest BCUT2D eigenvalue weighted by Gasteiger charge is 2.24. The summed E-state index contributed by atoms with van der Waals surface area (Å²) in [6.45, 7) is 3.47. The summed E-state index contributed by atoms with van der Waals surface area (Å²) >= 11 is 1.49. The molecule has 0 radical (unpaired) electrons. The Bertz CT molecular complexity index is 805. The number of benzene rings is 2. The van der Waals surface area contributed by atoms with Crippen molar-refractivity contribution in [2.75, 3.05) is 17.1 Å². The van der Waals surface area contributed by atoms with Gasteiger partial charge >= 0.3 is 0 Å². The Labute approximate surface area is 138 Å². The van der Waals surface area contributed by atoms with Crippen LogP contribution in [0.5, 0.6) is 0 Å². The molecule has 0 aliphatic rings. The number of sulfonamides is 1. The van der Waals surface area contributed by atoms with Crippen LogP contribution in [0.4, 0.5) is 14.5 Å². The van der Waals surface area contributed by atoms with Crippen LogP contribution in [-0.4, -0.2) is 21.2 Å². The molecule has 0 aliphatic heterocycles. The Morgan fingerprint density at radius 3 is 2.30 bits per heavy atom. The minimum Gasteiger partial charge on any atom is -0.262 e. The van der Waals surface area contributed by atoms with Gasteiger partial charge in [-0.15, -0.1) is 18.3 Å². The molecule has 23 heavy (non-hydrogen) atoms. The number of hydrogen-bond acceptors (Lipinski definition) is 3. The van der Waals surface area contributed by atoms with E-state index in [1.807, 2.05) is 6.26 Å². The number of halogens is 2. The Balaban J connectivity index is 2.49.